The monoisotopic (exact) mass is 544 g/mol. The van der Waals surface area contributed by atoms with Gasteiger partial charge in [-0.1, -0.05) is 41.7 Å². The number of carboxylic acid groups (broad SMARTS) is 1. The molecule has 0 amide bonds. The van der Waals surface area contributed by atoms with Gasteiger partial charge in [0.15, 0.2) is 4.80 Å². The number of carbonyl (C=O) groups is 2. The van der Waals surface area contributed by atoms with Gasteiger partial charge in [-0.15, -0.1) is 0 Å². The average Bonchev–Trinajstić information content (AvgIpc) is 3.52. The summed E-state index contributed by atoms with van der Waals surface area (Å²) >= 11 is 1.17. The van der Waals surface area contributed by atoms with Crippen LogP contribution in [0.25, 0.3) is 17.4 Å². The minimum absolute atomic E-state index is 0.142. The zero-order valence-electron chi connectivity index (χ0n) is 21.3. The second kappa shape index (κ2) is 10.6. The van der Waals surface area contributed by atoms with Gasteiger partial charge in [-0.2, -0.15) is 0 Å². The third-order valence-electron chi connectivity index (χ3n) is 6.24. The predicted molar refractivity (Wildman–Crippen MR) is 144 cm³/mol. The Labute approximate surface area is 226 Å². The fraction of sp³-hybridized carbons (Fsp3) is 0.172. The van der Waals surface area contributed by atoms with E-state index in [0.29, 0.717) is 43.4 Å². The van der Waals surface area contributed by atoms with Gasteiger partial charge in [0.25, 0.3) is 5.56 Å². The van der Waals surface area contributed by atoms with E-state index in [1.165, 1.54) is 35.1 Å². The molecule has 1 atom stereocenters. The minimum Gasteiger partial charge on any atom is -0.496 e. The number of benzene rings is 2. The number of carbonyl (C=O) groups excluding carboxylic acids is 1. The maximum atomic E-state index is 13.8. The van der Waals surface area contributed by atoms with Crippen molar-refractivity contribution in [1.82, 2.24) is 4.57 Å². The molecule has 4 aromatic rings. The smallest absolute Gasteiger partial charge is 0.338 e. The summed E-state index contributed by atoms with van der Waals surface area (Å²) in [5, 5.41) is 9.28. The lowest BCUT2D eigenvalue weighted by atomic mass is 9.95. The molecular formula is C29H24N2O7S. The number of hydrogen-bond donors (Lipinski definition) is 1. The fourth-order valence-corrected chi connectivity index (χ4v) is 5.53. The molecule has 2 aromatic carbocycles. The van der Waals surface area contributed by atoms with Crippen LogP contribution in [-0.2, 0) is 9.53 Å². The molecule has 5 rings (SSSR count). The van der Waals surface area contributed by atoms with E-state index in [0.717, 1.165) is 0 Å². The molecule has 1 aliphatic heterocycles. The van der Waals surface area contributed by atoms with Crippen molar-refractivity contribution in [1.29, 1.82) is 0 Å². The molecule has 198 valence electrons. The van der Waals surface area contributed by atoms with Crippen molar-refractivity contribution in [3.8, 4) is 17.1 Å². The van der Waals surface area contributed by atoms with E-state index in [1.807, 2.05) is 18.2 Å². The number of carboxylic acids is 1. The molecular weight excluding hydrogens is 520 g/mol. The van der Waals surface area contributed by atoms with Crippen LogP contribution in [-0.4, -0.2) is 35.3 Å². The molecule has 1 N–H and O–H groups in total. The molecule has 3 heterocycles. The topological polar surface area (TPSA) is 120 Å². The van der Waals surface area contributed by atoms with Crippen LogP contribution in [0, 0.1) is 0 Å². The minimum atomic E-state index is -1.04. The van der Waals surface area contributed by atoms with E-state index in [1.54, 1.807) is 50.3 Å². The third kappa shape index (κ3) is 4.82. The summed E-state index contributed by atoms with van der Waals surface area (Å²) in [6, 6.07) is 16.2. The van der Waals surface area contributed by atoms with E-state index in [9.17, 15) is 19.5 Å². The first kappa shape index (κ1) is 25.9. The zero-order chi connectivity index (χ0) is 27.7. The van der Waals surface area contributed by atoms with E-state index >= 15 is 0 Å². The summed E-state index contributed by atoms with van der Waals surface area (Å²) in [5.74, 6) is -0.196. The molecule has 39 heavy (non-hydrogen) atoms. The van der Waals surface area contributed by atoms with Gasteiger partial charge in [0.1, 0.15) is 23.3 Å². The number of allylic oxidation sites excluding steroid dienone is 1. The third-order valence-corrected chi connectivity index (χ3v) is 7.23. The maximum absolute atomic E-state index is 13.8. The van der Waals surface area contributed by atoms with Crippen molar-refractivity contribution >= 4 is 29.4 Å². The molecule has 0 saturated carbocycles. The first-order valence-electron chi connectivity index (χ1n) is 12.1. The summed E-state index contributed by atoms with van der Waals surface area (Å²) < 4.78 is 18.7. The molecule has 0 unspecified atom stereocenters. The van der Waals surface area contributed by atoms with Gasteiger partial charge >= 0.3 is 11.9 Å². The highest BCUT2D eigenvalue weighted by Crippen LogP contribution is 2.35. The highest BCUT2D eigenvalue weighted by atomic mass is 32.1. The van der Waals surface area contributed by atoms with E-state index in [2.05, 4.69) is 4.99 Å². The summed E-state index contributed by atoms with van der Waals surface area (Å²) in [5.41, 5.74) is 1.73. The van der Waals surface area contributed by atoms with Crippen molar-refractivity contribution in [2.75, 3.05) is 13.7 Å². The van der Waals surface area contributed by atoms with E-state index in [-0.39, 0.29) is 23.3 Å². The molecule has 0 radical (unpaired) electrons. The number of methoxy groups -OCH3 is 1. The molecule has 9 nitrogen and oxygen atoms in total. The first-order valence-corrected chi connectivity index (χ1v) is 12.9. The Hall–Kier alpha value is -4.70. The Balaban J connectivity index is 1.64. The average molecular weight is 545 g/mol. The number of aromatic nitrogens is 1. The maximum Gasteiger partial charge on any atom is 0.338 e. The number of para-hydroxylation sites is 1. The molecule has 1 aliphatic rings. The fourth-order valence-electron chi connectivity index (χ4n) is 4.50. The molecule has 0 bridgehead atoms. The molecule has 0 aliphatic carbocycles. The van der Waals surface area contributed by atoms with Crippen LogP contribution in [0.1, 0.15) is 41.6 Å². The van der Waals surface area contributed by atoms with Gasteiger partial charge in [-0.05, 0) is 44.2 Å². The second-order valence-corrected chi connectivity index (χ2v) is 9.64. The standard InChI is InChI=1S/C29H24N2O7S/c1-4-37-28(35)24-16(2)30-29-31(25(24)20-10-5-6-11-22(20)36-3)26(32)23(39-29)15-19-12-13-21(38-19)17-8-7-9-18(14-17)27(33)34/h5-15,25H,4H2,1-3H3,(H,33,34)/b23-15-/t25-/m1/s1. The van der Waals surface area contributed by atoms with Crippen molar-refractivity contribution in [2.24, 2.45) is 4.99 Å². The van der Waals surface area contributed by atoms with Crippen molar-refractivity contribution < 1.29 is 28.6 Å². The molecule has 0 saturated heterocycles. The van der Waals surface area contributed by atoms with Crippen LogP contribution >= 0.6 is 11.3 Å². The van der Waals surface area contributed by atoms with Crippen LogP contribution in [0.3, 0.4) is 0 Å². The van der Waals surface area contributed by atoms with Crippen LogP contribution in [0.5, 0.6) is 5.75 Å². The highest BCUT2D eigenvalue weighted by molar-refractivity contribution is 7.07. The quantitative estimate of drug-likeness (QED) is 0.352. The number of nitrogens with zero attached hydrogens (tertiary/aromatic N) is 2. The number of rotatable bonds is 7. The largest absolute Gasteiger partial charge is 0.496 e. The van der Waals surface area contributed by atoms with Crippen LogP contribution in [0.15, 0.2) is 86.1 Å². The Morgan fingerprint density at radius 2 is 1.95 bits per heavy atom. The summed E-state index contributed by atoms with van der Waals surface area (Å²) in [6.45, 7) is 3.61. The van der Waals surface area contributed by atoms with Gasteiger partial charge in [0.05, 0.1) is 35.1 Å². The van der Waals surface area contributed by atoms with Crippen molar-refractivity contribution in [3.05, 3.63) is 109 Å². The normalized spacial score (nSPS) is 15.1. The Morgan fingerprint density at radius 3 is 2.69 bits per heavy atom. The van der Waals surface area contributed by atoms with Gasteiger partial charge in [0.2, 0.25) is 0 Å². The number of thiazole rings is 1. The van der Waals surface area contributed by atoms with Crippen molar-refractivity contribution in [3.63, 3.8) is 0 Å². The number of fused-ring (bicyclic) bond motifs is 1. The van der Waals surface area contributed by atoms with Crippen LogP contribution < -0.4 is 19.6 Å². The van der Waals surface area contributed by atoms with Crippen molar-refractivity contribution in [2.45, 2.75) is 19.9 Å². The predicted octanol–water partition coefficient (Wildman–Crippen LogP) is 3.77. The summed E-state index contributed by atoms with van der Waals surface area (Å²) in [4.78, 5) is 43.2. The zero-order valence-corrected chi connectivity index (χ0v) is 22.2. The second-order valence-electron chi connectivity index (χ2n) is 8.63. The lowest BCUT2D eigenvalue weighted by Crippen LogP contribution is -2.40. The Bertz CT molecular complexity index is 1810. The Morgan fingerprint density at radius 1 is 1.15 bits per heavy atom. The van der Waals surface area contributed by atoms with Gasteiger partial charge < -0.3 is 19.0 Å². The van der Waals surface area contributed by atoms with E-state index < -0.39 is 18.0 Å². The molecule has 10 heteroatoms. The number of aromatic carboxylic acids is 1. The highest BCUT2D eigenvalue weighted by Gasteiger charge is 2.35. The summed E-state index contributed by atoms with van der Waals surface area (Å²) in [7, 11) is 1.53. The van der Waals surface area contributed by atoms with Crippen LogP contribution in [0.4, 0.5) is 0 Å². The number of esters is 1. The molecule has 0 spiro atoms. The summed E-state index contributed by atoms with van der Waals surface area (Å²) in [6.07, 6.45) is 1.61. The first-order chi connectivity index (χ1) is 18.8. The van der Waals surface area contributed by atoms with Gasteiger partial charge in [0, 0.05) is 17.2 Å². The number of hydrogen-bond acceptors (Lipinski definition) is 8. The van der Waals surface area contributed by atoms with E-state index in [4.69, 9.17) is 13.9 Å². The molecule has 2 aromatic heterocycles. The number of furan rings is 1. The number of ether oxygens (including phenoxy) is 2. The Kier molecular flexibility index (Phi) is 7.03. The lowest BCUT2D eigenvalue weighted by Gasteiger charge is -2.25. The van der Waals surface area contributed by atoms with Gasteiger partial charge in [-0.25, -0.2) is 14.6 Å². The SMILES string of the molecule is CCOC(=O)C1=C(C)N=c2s/c(=C\c3ccc(-c4cccc(C(=O)O)c4)o3)c(=O)n2[C@@H]1c1ccccc1OC. The van der Waals surface area contributed by atoms with Gasteiger partial charge in [-0.3, -0.25) is 9.36 Å². The lowest BCUT2D eigenvalue weighted by molar-refractivity contribution is -0.139. The van der Waals surface area contributed by atoms with Crippen LogP contribution in [0.2, 0.25) is 0 Å². The molecule has 0 fully saturated rings.